The minimum Gasteiger partial charge on any atom is -0.379 e. The summed E-state index contributed by atoms with van der Waals surface area (Å²) < 4.78 is 21.3. The number of nitrogens with zero attached hydrogens (tertiary/aromatic N) is 5. The first kappa shape index (κ1) is 18.1. The van der Waals surface area contributed by atoms with Crippen LogP contribution in [0, 0.1) is 11.4 Å². The molecule has 2 aliphatic rings. The third-order valence-corrected chi connectivity index (χ3v) is 5.50. The van der Waals surface area contributed by atoms with E-state index in [9.17, 15) is 9.18 Å². The maximum Gasteiger partial charge on any atom is 0.254 e. The summed E-state index contributed by atoms with van der Waals surface area (Å²) in [6, 6.07) is 2.76. The molecule has 0 aromatic carbocycles. The van der Waals surface area contributed by atoms with Gasteiger partial charge in [0.05, 0.1) is 19.8 Å². The fourth-order valence-corrected chi connectivity index (χ4v) is 4.04. The van der Waals surface area contributed by atoms with Gasteiger partial charge >= 0.3 is 0 Å². The summed E-state index contributed by atoms with van der Waals surface area (Å²) in [6.45, 7) is 4.86. The van der Waals surface area contributed by atoms with Crippen molar-refractivity contribution >= 4 is 5.91 Å². The quantitative estimate of drug-likeness (QED) is 0.760. The predicted molar refractivity (Wildman–Crippen MR) is 96.5 cm³/mol. The molecule has 4 rings (SSSR count). The SMILES string of the molecule is Cn1ccnc1CN1CCC2(COCCN(C(=O)c3ccnc(F)c3)C2)C1. The number of amides is 1. The van der Waals surface area contributed by atoms with Crippen LogP contribution in [-0.2, 0) is 18.3 Å². The normalized spacial score (nSPS) is 23.7. The van der Waals surface area contributed by atoms with Crippen molar-refractivity contribution in [3.63, 3.8) is 0 Å². The number of aryl methyl sites for hydroxylation is 1. The Kier molecular flexibility index (Phi) is 4.92. The molecule has 0 bridgehead atoms. The highest BCUT2D eigenvalue weighted by molar-refractivity contribution is 5.94. The molecule has 7 nitrogen and oxygen atoms in total. The zero-order valence-corrected chi connectivity index (χ0v) is 15.5. The lowest BCUT2D eigenvalue weighted by Gasteiger charge is -2.32. The van der Waals surface area contributed by atoms with Crippen LogP contribution in [0.2, 0.25) is 0 Å². The number of likely N-dealkylation sites (tertiary alicyclic amines) is 1. The number of imidazole rings is 1. The predicted octanol–water partition coefficient (Wildman–Crippen LogP) is 1.32. The highest BCUT2D eigenvalue weighted by Crippen LogP contribution is 2.34. The summed E-state index contributed by atoms with van der Waals surface area (Å²) in [5, 5.41) is 0. The Morgan fingerprint density at radius 1 is 1.30 bits per heavy atom. The maximum absolute atomic E-state index is 13.4. The van der Waals surface area contributed by atoms with Gasteiger partial charge in [0.1, 0.15) is 5.82 Å². The molecule has 2 aromatic rings. The number of pyridine rings is 1. The number of rotatable bonds is 3. The Morgan fingerprint density at radius 2 is 2.19 bits per heavy atom. The van der Waals surface area contributed by atoms with Gasteiger partial charge in [0.2, 0.25) is 5.95 Å². The Balaban J connectivity index is 1.47. The fraction of sp³-hybridized carbons (Fsp3) is 0.526. The lowest BCUT2D eigenvalue weighted by Crippen LogP contribution is -2.43. The summed E-state index contributed by atoms with van der Waals surface area (Å²) in [5.41, 5.74) is 0.241. The number of ether oxygens (including phenoxy) is 1. The Morgan fingerprint density at radius 3 is 2.96 bits per heavy atom. The average molecular weight is 373 g/mol. The van der Waals surface area contributed by atoms with Crippen molar-refractivity contribution < 1.29 is 13.9 Å². The topological polar surface area (TPSA) is 63.5 Å². The van der Waals surface area contributed by atoms with Crippen molar-refractivity contribution in [2.24, 2.45) is 12.5 Å². The van der Waals surface area contributed by atoms with Crippen LogP contribution in [0.4, 0.5) is 4.39 Å². The average Bonchev–Trinajstić information content (AvgIpc) is 3.17. The van der Waals surface area contributed by atoms with E-state index in [1.165, 1.54) is 12.3 Å². The Hall–Kier alpha value is -2.32. The fourth-order valence-electron chi connectivity index (χ4n) is 4.04. The largest absolute Gasteiger partial charge is 0.379 e. The molecular formula is C19H24FN5O2. The van der Waals surface area contributed by atoms with Gasteiger partial charge < -0.3 is 14.2 Å². The first-order valence-corrected chi connectivity index (χ1v) is 9.22. The standard InChI is InChI=1S/C19H24FN5O2/c1-23-7-5-22-17(23)11-24-6-3-19(12-24)13-25(8-9-27-14-19)18(26)15-2-4-21-16(20)10-15/h2,4-5,7,10H,3,6,8-9,11-14H2,1H3. The van der Waals surface area contributed by atoms with E-state index in [-0.39, 0.29) is 11.3 Å². The molecule has 0 aliphatic carbocycles. The lowest BCUT2D eigenvalue weighted by atomic mass is 9.87. The highest BCUT2D eigenvalue weighted by Gasteiger charge is 2.42. The molecule has 4 heterocycles. The van der Waals surface area contributed by atoms with Crippen LogP contribution in [0.1, 0.15) is 22.6 Å². The van der Waals surface area contributed by atoms with Crippen molar-refractivity contribution in [1.82, 2.24) is 24.3 Å². The number of hydrogen-bond acceptors (Lipinski definition) is 5. The van der Waals surface area contributed by atoms with Gasteiger partial charge in [-0.2, -0.15) is 4.39 Å². The van der Waals surface area contributed by atoms with Crippen LogP contribution in [0.25, 0.3) is 0 Å². The van der Waals surface area contributed by atoms with E-state index in [0.717, 1.165) is 31.9 Å². The van der Waals surface area contributed by atoms with Crippen LogP contribution in [0.5, 0.6) is 0 Å². The third-order valence-electron chi connectivity index (χ3n) is 5.50. The summed E-state index contributed by atoms with van der Waals surface area (Å²) in [4.78, 5) is 25.0. The zero-order valence-electron chi connectivity index (χ0n) is 15.5. The summed E-state index contributed by atoms with van der Waals surface area (Å²) in [7, 11) is 2.00. The molecule has 0 saturated carbocycles. The van der Waals surface area contributed by atoms with E-state index in [2.05, 4.69) is 14.9 Å². The van der Waals surface area contributed by atoms with Gasteiger partial charge in [-0.3, -0.25) is 9.69 Å². The molecule has 2 fully saturated rings. The van der Waals surface area contributed by atoms with E-state index < -0.39 is 5.95 Å². The first-order chi connectivity index (χ1) is 13.0. The van der Waals surface area contributed by atoms with E-state index in [1.807, 2.05) is 24.0 Å². The van der Waals surface area contributed by atoms with Crippen LogP contribution >= 0.6 is 0 Å². The molecule has 1 spiro atoms. The molecule has 2 saturated heterocycles. The number of carbonyl (C=O) groups is 1. The maximum atomic E-state index is 13.4. The number of carbonyl (C=O) groups excluding carboxylic acids is 1. The second-order valence-corrected chi connectivity index (χ2v) is 7.56. The molecule has 1 atom stereocenters. The molecule has 0 radical (unpaired) electrons. The van der Waals surface area contributed by atoms with E-state index >= 15 is 0 Å². The zero-order chi connectivity index (χ0) is 18.9. The van der Waals surface area contributed by atoms with Gasteiger partial charge in [0.25, 0.3) is 5.91 Å². The number of halogens is 1. The summed E-state index contributed by atoms with van der Waals surface area (Å²) in [6.07, 6.45) is 6.05. The molecule has 8 heteroatoms. The number of aromatic nitrogens is 3. The van der Waals surface area contributed by atoms with Crippen LogP contribution in [0.15, 0.2) is 30.7 Å². The van der Waals surface area contributed by atoms with Crippen LogP contribution in [0.3, 0.4) is 0 Å². The molecule has 2 aliphatic heterocycles. The monoisotopic (exact) mass is 373 g/mol. The van der Waals surface area contributed by atoms with Gasteiger partial charge in [-0.1, -0.05) is 0 Å². The highest BCUT2D eigenvalue weighted by atomic mass is 19.1. The minimum absolute atomic E-state index is 0.0943. The van der Waals surface area contributed by atoms with Crippen LogP contribution < -0.4 is 0 Å². The van der Waals surface area contributed by atoms with Crippen molar-refractivity contribution in [1.29, 1.82) is 0 Å². The molecular weight excluding hydrogens is 349 g/mol. The molecule has 144 valence electrons. The van der Waals surface area contributed by atoms with Gasteiger partial charge in [-0.05, 0) is 19.0 Å². The van der Waals surface area contributed by atoms with Crippen LogP contribution in [-0.4, -0.2) is 69.6 Å². The second-order valence-electron chi connectivity index (χ2n) is 7.56. The van der Waals surface area contributed by atoms with E-state index in [4.69, 9.17) is 4.74 Å². The third kappa shape index (κ3) is 3.86. The first-order valence-electron chi connectivity index (χ1n) is 9.22. The second kappa shape index (κ2) is 7.36. The number of hydrogen-bond donors (Lipinski definition) is 0. The van der Waals surface area contributed by atoms with E-state index in [0.29, 0.717) is 31.9 Å². The smallest absolute Gasteiger partial charge is 0.254 e. The minimum atomic E-state index is -0.635. The molecule has 1 amide bonds. The van der Waals surface area contributed by atoms with Gasteiger partial charge in [0.15, 0.2) is 0 Å². The van der Waals surface area contributed by atoms with E-state index in [1.54, 1.807) is 11.0 Å². The van der Waals surface area contributed by atoms with Gasteiger partial charge in [-0.25, -0.2) is 9.97 Å². The summed E-state index contributed by atoms with van der Waals surface area (Å²) >= 11 is 0. The summed E-state index contributed by atoms with van der Waals surface area (Å²) in [5.74, 6) is 0.231. The molecule has 1 unspecified atom stereocenters. The molecule has 27 heavy (non-hydrogen) atoms. The molecule has 2 aromatic heterocycles. The molecule has 0 N–H and O–H groups in total. The van der Waals surface area contributed by atoms with Gasteiger partial charge in [-0.15, -0.1) is 0 Å². The van der Waals surface area contributed by atoms with Crippen molar-refractivity contribution in [3.05, 3.63) is 48.1 Å². The lowest BCUT2D eigenvalue weighted by molar-refractivity contribution is 0.0642. The van der Waals surface area contributed by atoms with Crippen molar-refractivity contribution in [2.75, 3.05) is 39.4 Å². The van der Waals surface area contributed by atoms with Gasteiger partial charge in [0, 0.05) is 62.3 Å². The Labute approximate surface area is 157 Å². The Bertz CT molecular complexity index is 826. The van der Waals surface area contributed by atoms with Crippen molar-refractivity contribution in [3.8, 4) is 0 Å². The van der Waals surface area contributed by atoms with Crippen molar-refractivity contribution in [2.45, 2.75) is 13.0 Å².